The van der Waals surface area contributed by atoms with Crippen molar-refractivity contribution >= 4 is 17.2 Å². The van der Waals surface area contributed by atoms with Gasteiger partial charge in [0.05, 0.1) is 12.3 Å². The lowest BCUT2D eigenvalue weighted by Crippen LogP contribution is -2.31. The zero-order valence-corrected chi connectivity index (χ0v) is 15.0. The van der Waals surface area contributed by atoms with Crippen molar-refractivity contribution in [2.24, 2.45) is 5.92 Å². The summed E-state index contributed by atoms with van der Waals surface area (Å²) in [5.41, 5.74) is 2.92. The molecule has 25 heavy (non-hydrogen) atoms. The Kier molecular flexibility index (Phi) is 5.14. The fraction of sp³-hybridized carbons (Fsp3) is 0.556. The third-order valence-electron chi connectivity index (χ3n) is 4.88. The fourth-order valence-electron chi connectivity index (χ4n) is 3.46. The molecule has 2 aromatic heterocycles. The van der Waals surface area contributed by atoms with Crippen molar-refractivity contribution in [3.05, 3.63) is 39.8 Å². The van der Waals surface area contributed by atoms with Crippen LogP contribution in [0.2, 0.25) is 0 Å². The molecule has 2 aliphatic heterocycles. The average molecular weight is 361 g/mol. The van der Waals surface area contributed by atoms with Crippen LogP contribution in [-0.4, -0.2) is 42.1 Å². The highest BCUT2D eigenvalue weighted by Gasteiger charge is 2.26. The van der Waals surface area contributed by atoms with E-state index in [4.69, 9.17) is 14.6 Å². The van der Waals surface area contributed by atoms with Crippen LogP contribution < -0.4 is 5.32 Å². The predicted molar refractivity (Wildman–Crippen MR) is 94.8 cm³/mol. The van der Waals surface area contributed by atoms with Gasteiger partial charge in [-0.15, -0.1) is 0 Å². The van der Waals surface area contributed by atoms with Gasteiger partial charge >= 0.3 is 0 Å². The summed E-state index contributed by atoms with van der Waals surface area (Å²) in [5.74, 6) is 0.575. The van der Waals surface area contributed by atoms with Gasteiger partial charge in [0.15, 0.2) is 0 Å². The molecule has 0 saturated carbocycles. The van der Waals surface area contributed by atoms with E-state index >= 15 is 0 Å². The van der Waals surface area contributed by atoms with E-state index in [-0.39, 0.29) is 12.0 Å². The molecule has 0 bridgehead atoms. The smallest absolute Gasteiger partial charge is 0.252 e. The van der Waals surface area contributed by atoms with Crippen LogP contribution in [0.15, 0.2) is 23.0 Å². The molecule has 0 aromatic carbocycles. The molecule has 1 amide bonds. The summed E-state index contributed by atoms with van der Waals surface area (Å²) in [4.78, 5) is 12.1. The number of carbonyl (C=O) groups is 1. The van der Waals surface area contributed by atoms with Crippen molar-refractivity contribution < 1.29 is 14.3 Å². The minimum absolute atomic E-state index is 0.0568. The predicted octanol–water partition coefficient (Wildman–Crippen LogP) is 2.42. The molecule has 4 heterocycles. The zero-order chi connectivity index (χ0) is 17.1. The van der Waals surface area contributed by atoms with Gasteiger partial charge in [0.2, 0.25) is 0 Å². The highest BCUT2D eigenvalue weighted by Crippen LogP contribution is 2.26. The molecule has 6 nitrogen and oxygen atoms in total. The first-order chi connectivity index (χ1) is 12.3. The SMILES string of the molecule is O=C(NC[C@@H]1OCCc2cn(CC3CCOCC3)nc21)c1ccsc1. The van der Waals surface area contributed by atoms with Gasteiger partial charge in [0.25, 0.3) is 5.91 Å². The first-order valence-corrected chi connectivity index (χ1v) is 9.80. The van der Waals surface area contributed by atoms with Gasteiger partial charge in [-0.05, 0) is 42.2 Å². The van der Waals surface area contributed by atoms with Crippen molar-refractivity contribution in [3.63, 3.8) is 0 Å². The van der Waals surface area contributed by atoms with Crippen LogP contribution in [0.5, 0.6) is 0 Å². The Balaban J connectivity index is 1.39. The van der Waals surface area contributed by atoms with Crippen molar-refractivity contribution in [1.82, 2.24) is 15.1 Å². The van der Waals surface area contributed by atoms with Gasteiger partial charge < -0.3 is 14.8 Å². The van der Waals surface area contributed by atoms with Crippen molar-refractivity contribution in [1.29, 1.82) is 0 Å². The van der Waals surface area contributed by atoms with Crippen LogP contribution in [0.3, 0.4) is 0 Å². The van der Waals surface area contributed by atoms with Gasteiger partial charge in [-0.3, -0.25) is 9.48 Å². The number of hydrogen-bond donors (Lipinski definition) is 1. The summed E-state index contributed by atoms with van der Waals surface area (Å²) in [6, 6.07) is 1.83. The number of carbonyl (C=O) groups excluding carboxylic acids is 1. The maximum Gasteiger partial charge on any atom is 0.252 e. The van der Waals surface area contributed by atoms with Crippen LogP contribution in [0.4, 0.5) is 0 Å². The van der Waals surface area contributed by atoms with E-state index in [0.29, 0.717) is 24.6 Å². The Hall–Kier alpha value is -1.70. The highest BCUT2D eigenvalue weighted by atomic mass is 32.1. The third-order valence-corrected chi connectivity index (χ3v) is 5.57. The summed E-state index contributed by atoms with van der Waals surface area (Å²) >= 11 is 1.52. The number of rotatable bonds is 5. The van der Waals surface area contributed by atoms with E-state index in [9.17, 15) is 4.79 Å². The minimum atomic E-state index is -0.165. The molecular formula is C18H23N3O3S. The molecule has 1 atom stereocenters. The number of aromatic nitrogens is 2. The summed E-state index contributed by atoms with van der Waals surface area (Å²) < 4.78 is 13.4. The lowest BCUT2D eigenvalue weighted by molar-refractivity contribution is 0.0379. The second kappa shape index (κ2) is 7.68. The van der Waals surface area contributed by atoms with Crippen molar-refractivity contribution in [2.45, 2.75) is 31.9 Å². The van der Waals surface area contributed by atoms with E-state index < -0.39 is 0 Å². The molecule has 7 heteroatoms. The number of ether oxygens (including phenoxy) is 2. The Morgan fingerprint density at radius 2 is 2.24 bits per heavy atom. The average Bonchev–Trinajstić information content (AvgIpc) is 3.30. The molecule has 134 valence electrons. The molecule has 0 unspecified atom stereocenters. The molecule has 1 fully saturated rings. The lowest BCUT2D eigenvalue weighted by Gasteiger charge is -2.22. The number of hydrogen-bond acceptors (Lipinski definition) is 5. The molecule has 0 aliphatic carbocycles. The second-order valence-electron chi connectivity index (χ2n) is 6.65. The van der Waals surface area contributed by atoms with Gasteiger partial charge in [-0.1, -0.05) is 0 Å². The Morgan fingerprint density at radius 3 is 3.04 bits per heavy atom. The molecular weight excluding hydrogens is 338 g/mol. The Morgan fingerprint density at radius 1 is 1.36 bits per heavy atom. The zero-order valence-electron chi connectivity index (χ0n) is 14.1. The minimum Gasteiger partial charge on any atom is -0.381 e. The van der Waals surface area contributed by atoms with Crippen LogP contribution in [0, 0.1) is 5.92 Å². The molecule has 1 saturated heterocycles. The second-order valence-corrected chi connectivity index (χ2v) is 7.43. The monoisotopic (exact) mass is 361 g/mol. The molecule has 1 N–H and O–H groups in total. The van der Waals surface area contributed by atoms with Crippen molar-refractivity contribution in [3.8, 4) is 0 Å². The van der Waals surface area contributed by atoms with E-state index in [1.807, 2.05) is 16.8 Å². The topological polar surface area (TPSA) is 65.4 Å². The van der Waals surface area contributed by atoms with Crippen LogP contribution in [0.25, 0.3) is 0 Å². The lowest BCUT2D eigenvalue weighted by atomic mass is 10.0. The van der Waals surface area contributed by atoms with Gasteiger partial charge in [-0.25, -0.2) is 0 Å². The summed E-state index contributed by atoms with van der Waals surface area (Å²) in [5, 5.41) is 11.5. The first kappa shape index (κ1) is 16.8. The highest BCUT2D eigenvalue weighted by molar-refractivity contribution is 7.08. The normalized spacial score (nSPS) is 21.0. The number of thiophene rings is 1. The van der Waals surface area contributed by atoms with Gasteiger partial charge in [-0.2, -0.15) is 16.4 Å². The number of nitrogens with zero attached hydrogens (tertiary/aromatic N) is 2. The molecule has 0 spiro atoms. The largest absolute Gasteiger partial charge is 0.381 e. The summed E-state index contributed by atoms with van der Waals surface area (Å²) in [6.07, 6.45) is 5.07. The molecule has 2 aromatic rings. The van der Waals surface area contributed by atoms with E-state index in [1.165, 1.54) is 16.9 Å². The van der Waals surface area contributed by atoms with Crippen LogP contribution in [-0.2, 0) is 22.4 Å². The van der Waals surface area contributed by atoms with E-state index in [2.05, 4.69) is 16.2 Å². The molecule has 4 rings (SSSR count). The van der Waals surface area contributed by atoms with Crippen LogP contribution in [0.1, 0.15) is 40.6 Å². The van der Waals surface area contributed by atoms with Crippen molar-refractivity contribution in [2.75, 3.05) is 26.4 Å². The fourth-order valence-corrected chi connectivity index (χ4v) is 4.09. The van der Waals surface area contributed by atoms with Crippen LogP contribution >= 0.6 is 11.3 Å². The van der Waals surface area contributed by atoms with E-state index in [0.717, 1.165) is 44.7 Å². The van der Waals surface area contributed by atoms with E-state index in [1.54, 1.807) is 0 Å². The first-order valence-electron chi connectivity index (χ1n) is 8.85. The van der Waals surface area contributed by atoms with Gasteiger partial charge in [0.1, 0.15) is 6.10 Å². The summed E-state index contributed by atoms with van der Waals surface area (Å²) in [6.45, 7) is 3.77. The Labute approximate surface area is 151 Å². The van der Waals surface area contributed by atoms with Gasteiger partial charge in [0, 0.05) is 43.4 Å². The maximum atomic E-state index is 12.1. The number of amides is 1. The summed E-state index contributed by atoms with van der Waals surface area (Å²) in [7, 11) is 0. The Bertz CT molecular complexity index is 707. The molecule has 2 aliphatic rings. The standard InChI is InChI=1S/C18H23N3O3S/c22-18(15-4-8-25-12-15)19-9-16-17-14(3-7-24-16)11-21(20-17)10-13-1-5-23-6-2-13/h4,8,11-13,16H,1-3,5-7,9-10H2,(H,19,22)/t16-/m0/s1. The number of nitrogens with one attached hydrogen (secondary N) is 1. The maximum absolute atomic E-state index is 12.1. The quantitative estimate of drug-likeness (QED) is 0.888. The third kappa shape index (κ3) is 3.94. The number of fused-ring (bicyclic) bond motifs is 1. The molecule has 0 radical (unpaired) electrons.